The molecular weight excluding hydrogens is 655 g/mol. The average Bonchev–Trinajstić information content (AvgIpc) is 3.85. The van der Waals surface area contributed by atoms with Crippen molar-refractivity contribution < 1.29 is 0 Å². The van der Waals surface area contributed by atoms with Crippen molar-refractivity contribution in [2.45, 2.75) is 17.2 Å². The van der Waals surface area contributed by atoms with Gasteiger partial charge >= 0.3 is 0 Å². The van der Waals surface area contributed by atoms with E-state index < -0.39 is 19.0 Å². The van der Waals surface area contributed by atoms with E-state index in [2.05, 4.69) is 163 Å². The number of rotatable bonds is 4. The number of benzene rings is 7. The average molecular weight is 688 g/mol. The molecule has 3 heterocycles. The van der Waals surface area contributed by atoms with Crippen LogP contribution in [0.1, 0.15) is 23.5 Å². The molecule has 1 unspecified atom stereocenters. The number of fused-ring (bicyclic) bond motifs is 10. The Balaban J connectivity index is 1.01. The molecule has 0 bridgehead atoms. The van der Waals surface area contributed by atoms with E-state index in [-0.39, 0.29) is 0 Å². The Morgan fingerprint density at radius 2 is 1.20 bits per heavy atom. The maximum absolute atomic E-state index is 2.59. The van der Waals surface area contributed by atoms with Gasteiger partial charge in [-0.15, -0.1) is 0 Å². The van der Waals surface area contributed by atoms with E-state index in [0.29, 0.717) is 5.92 Å². The SMILES string of the molecule is C1=C2[SiH2]c3cc(N(c4ccc(-c5ccc6ccccc6c5)cc4)c4ccc5c(c4)[SiH2]c4ccccc4-5)ccc3C2=C2Sc3ccccc3C2C1. The van der Waals surface area contributed by atoms with Crippen molar-refractivity contribution in [2.75, 3.05) is 4.90 Å². The second-order valence-corrected chi connectivity index (χ2v) is 18.9. The van der Waals surface area contributed by atoms with Crippen molar-refractivity contribution in [3.63, 3.8) is 0 Å². The highest BCUT2D eigenvalue weighted by Crippen LogP contribution is 2.57. The van der Waals surface area contributed by atoms with Gasteiger partial charge in [-0.2, -0.15) is 0 Å². The summed E-state index contributed by atoms with van der Waals surface area (Å²) in [6, 6.07) is 57.3. The predicted molar refractivity (Wildman–Crippen MR) is 220 cm³/mol. The van der Waals surface area contributed by atoms with Crippen LogP contribution in [-0.2, 0) is 0 Å². The molecule has 236 valence electrons. The number of nitrogens with zero attached hydrogens (tertiary/aromatic N) is 1. The molecule has 0 radical (unpaired) electrons. The van der Waals surface area contributed by atoms with E-state index in [1.54, 1.807) is 31.2 Å². The number of allylic oxidation sites excluding steroid dienone is 4. The minimum Gasteiger partial charge on any atom is -0.311 e. The third kappa shape index (κ3) is 4.45. The first kappa shape index (κ1) is 28.7. The van der Waals surface area contributed by atoms with Crippen molar-refractivity contribution in [3.05, 3.63) is 179 Å². The summed E-state index contributed by atoms with van der Waals surface area (Å²) in [7, 11) is -1.09. The van der Waals surface area contributed by atoms with E-state index in [0.717, 1.165) is 6.42 Å². The Kier molecular flexibility index (Phi) is 6.42. The molecule has 0 amide bonds. The number of anilines is 3. The van der Waals surface area contributed by atoms with Crippen LogP contribution < -0.4 is 20.5 Å². The lowest BCUT2D eigenvalue weighted by atomic mass is 9.87. The lowest BCUT2D eigenvalue weighted by Crippen LogP contribution is -2.22. The summed E-state index contributed by atoms with van der Waals surface area (Å²) in [4.78, 5) is 5.54. The molecule has 4 heteroatoms. The van der Waals surface area contributed by atoms with Gasteiger partial charge in [0.05, 0.1) is 19.0 Å². The summed E-state index contributed by atoms with van der Waals surface area (Å²) in [6.45, 7) is 0. The largest absolute Gasteiger partial charge is 0.311 e. The van der Waals surface area contributed by atoms with Gasteiger partial charge < -0.3 is 4.90 Å². The molecule has 50 heavy (non-hydrogen) atoms. The van der Waals surface area contributed by atoms with Crippen LogP contribution in [0.25, 0.3) is 38.6 Å². The molecule has 0 saturated heterocycles. The zero-order valence-electron chi connectivity index (χ0n) is 27.6. The van der Waals surface area contributed by atoms with Gasteiger partial charge in [0, 0.05) is 32.8 Å². The molecule has 0 aromatic heterocycles. The van der Waals surface area contributed by atoms with Crippen LogP contribution in [0.3, 0.4) is 0 Å². The molecule has 7 aromatic rings. The Morgan fingerprint density at radius 3 is 2.08 bits per heavy atom. The molecule has 0 saturated carbocycles. The van der Waals surface area contributed by atoms with Crippen LogP contribution in [0, 0.1) is 0 Å². The highest BCUT2D eigenvalue weighted by Gasteiger charge is 2.37. The summed E-state index contributed by atoms with van der Waals surface area (Å²) in [6.07, 6.45) is 3.73. The predicted octanol–water partition coefficient (Wildman–Crippen LogP) is 8.77. The Morgan fingerprint density at radius 1 is 0.520 bits per heavy atom. The summed E-state index contributed by atoms with van der Waals surface area (Å²) in [5, 5.41) is 8.89. The summed E-state index contributed by atoms with van der Waals surface area (Å²) in [5.74, 6) is 0.520. The van der Waals surface area contributed by atoms with Gasteiger partial charge in [-0.05, 0) is 105 Å². The monoisotopic (exact) mass is 687 g/mol. The first-order valence-corrected chi connectivity index (χ1v) is 21.3. The van der Waals surface area contributed by atoms with Crippen molar-refractivity contribution in [2.24, 2.45) is 0 Å². The maximum atomic E-state index is 2.59. The second-order valence-electron chi connectivity index (χ2n) is 14.0. The van der Waals surface area contributed by atoms with Crippen molar-refractivity contribution >= 4 is 79.8 Å². The van der Waals surface area contributed by atoms with E-state index in [1.165, 1.54) is 66.1 Å². The van der Waals surface area contributed by atoms with Gasteiger partial charge in [0.15, 0.2) is 0 Å². The van der Waals surface area contributed by atoms with E-state index in [4.69, 9.17) is 0 Å². The lowest BCUT2D eigenvalue weighted by Gasteiger charge is -2.27. The van der Waals surface area contributed by atoms with E-state index in [1.807, 2.05) is 11.8 Å². The Hall–Kier alpha value is -5.14. The molecule has 11 rings (SSSR count). The number of hydrogen-bond acceptors (Lipinski definition) is 2. The number of thioether (sulfide) groups is 1. The highest BCUT2D eigenvalue weighted by atomic mass is 32.2. The summed E-state index contributed by atoms with van der Waals surface area (Å²) in [5.41, 5.74) is 13.6. The third-order valence-corrected chi connectivity index (χ3v) is 16.5. The van der Waals surface area contributed by atoms with Crippen LogP contribution in [0.15, 0.2) is 173 Å². The third-order valence-electron chi connectivity index (χ3n) is 11.2. The fourth-order valence-electron chi connectivity index (χ4n) is 8.84. The highest BCUT2D eigenvalue weighted by molar-refractivity contribution is 8.03. The molecule has 3 aliphatic heterocycles. The Labute approximate surface area is 301 Å². The molecule has 1 atom stereocenters. The topological polar surface area (TPSA) is 3.24 Å². The van der Waals surface area contributed by atoms with E-state index in [9.17, 15) is 0 Å². The minimum atomic E-state index is -0.569. The molecule has 0 fully saturated rings. The van der Waals surface area contributed by atoms with E-state index >= 15 is 0 Å². The molecule has 0 N–H and O–H groups in total. The first-order chi connectivity index (χ1) is 24.7. The maximum Gasteiger partial charge on any atom is 0.0892 e. The van der Waals surface area contributed by atoms with Crippen molar-refractivity contribution in [1.82, 2.24) is 0 Å². The zero-order chi connectivity index (χ0) is 32.8. The van der Waals surface area contributed by atoms with Crippen LogP contribution in [0.5, 0.6) is 0 Å². The molecule has 4 aliphatic rings. The van der Waals surface area contributed by atoms with Crippen LogP contribution in [-0.4, -0.2) is 19.0 Å². The van der Waals surface area contributed by atoms with Crippen molar-refractivity contribution in [3.8, 4) is 22.3 Å². The second kappa shape index (κ2) is 11.2. The van der Waals surface area contributed by atoms with Gasteiger partial charge in [-0.3, -0.25) is 0 Å². The fraction of sp³-hybridized carbons (Fsp3) is 0.0435. The summed E-state index contributed by atoms with van der Waals surface area (Å²) >= 11 is 2.02. The molecule has 0 spiro atoms. The standard InChI is InChI=1S/C46H33NSSi2/c1-2-8-30-25-31(14-13-28(30)7-1)29-15-17-32(18-16-29)47(33-19-21-37-36-10-4-6-12-41(36)49-43(37)26-33)34-20-22-39-44(27-34)50-42-24-23-38-35-9-3-5-11-40(35)48-46(38)45(39)42/h1-22,24-27,38H,23,49-50H2. The van der Waals surface area contributed by atoms with Gasteiger partial charge in [0.2, 0.25) is 0 Å². The van der Waals surface area contributed by atoms with Gasteiger partial charge in [-0.25, -0.2) is 0 Å². The normalized spacial score (nSPS) is 17.3. The molecule has 7 aromatic carbocycles. The smallest absolute Gasteiger partial charge is 0.0892 e. The Bertz CT molecular complexity index is 2620. The summed E-state index contributed by atoms with van der Waals surface area (Å²) < 4.78 is 0. The fourth-order valence-corrected chi connectivity index (χ4v) is 14.4. The molecule has 1 nitrogen and oxygen atoms in total. The quantitative estimate of drug-likeness (QED) is 0.170. The lowest BCUT2D eigenvalue weighted by molar-refractivity contribution is 0.839. The van der Waals surface area contributed by atoms with Crippen LogP contribution in [0.4, 0.5) is 17.1 Å². The van der Waals surface area contributed by atoms with Crippen LogP contribution in [0.2, 0.25) is 0 Å². The van der Waals surface area contributed by atoms with Crippen LogP contribution >= 0.6 is 11.8 Å². The van der Waals surface area contributed by atoms with Gasteiger partial charge in [0.1, 0.15) is 0 Å². The minimum absolute atomic E-state index is 0.520. The number of hydrogen-bond donors (Lipinski definition) is 0. The zero-order valence-corrected chi connectivity index (χ0v) is 31.2. The molecular formula is C46H33NSSi2. The first-order valence-electron chi connectivity index (χ1n) is 17.7. The van der Waals surface area contributed by atoms with Gasteiger partial charge in [-0.1, -0.05) is 142 Å². The van der Waals surface area contributed by atoms with Crippen molar-refractivity contribution in [1.29, 1.82) is 0 Å². The molecule has 1 aliphatic carbocycles. The van der Waals surface area contributed by atoms with Gasteiger partial charge in [0.25, 0.3) is 0 Å².